The molecule has 1 saturated heterocycles. The Bertz CT molecular complexity index is 620. The molecule has 0 aliphatic carbocycles. The van der Waals surface area contributed by atoms with Crippen LogP contribution in [0.2, 0.25) is 0 Å². The summed E-state index contributed by atoms with van der Waals surface area (Å²) >= 11 is 0. The van der Waals surface area contributed by atoms with Crippen molar-refractivity contribution in [1.82, 2.24) is 4.90 Å². The predicted octanol–water partition coefficient (Wildman–Crippen LogP) is 2.54. The van der Waals surface area contributed by atoms with Crippen LogP contribution in [-0.4, -0.2) is 46.0 Å². The van der Waals surface area contributed by atoms with Crippen LogP contribution in [0.5, 0.6) is 5.75 Å². The Morgan fingerprint density at radius 3 is 2.25 bits per heavy atom. The van der Waals surface area contributed by atoms with Crippen molar-refractivity contribution in [3.8, 4) is 5.75 Å². The minimum atomic E-state index is -0.533. The summed E-state index contributed by atoms with van der Waals surface area (Å²) in [5.41, 5.74) is 2.17. The number of halogens is 1. The smallest absolute Gasteiger partial charge is 0.115 e. The molecule has 24 heavy (non-hydrogen) atoms. The monoisotopic (exact) mass is 393 g/mol. The van der Waals surface area contributed by atoms with Crippen LogP contribution in [0.3, 0.4) is 0 Å². The highest BCUT2D eigenvalue weighted by Gasteiger charge is 2.36. The molecule has 130 valence electrons. The predicted molar refractivity (Wildman–Crippen MR) is 99.5 cm³/mol. The van der Waals surface area contributed by atoms with Gasteiger partial charge in [-0.1, -0.05) is 42.5 Å². The van der Waals surface area contributed by atoms with Gasteiger partial charge in [0.15, 0.2) is 0 Å². The van der Waals surface area contributed by atoms with Crippen molar-refractivity contribution in [3.63, 3.8) is 0 Å². The van der Waals surface area contributed by atoms with Gasteiger partial charge in [0.05, 0.1) is 6.10 Å². The van der Waals surface area contributed by atoms with Crippen LogP contribution in [0, 0.1) is 5.92 Å². The average Bonchev–Trinajstić information content (AvgIpc) is 2.56. The van der Waals surface area contributed by atoms with Crippen molar-refractivity contribution in [1.29, 1.82) is 0 Å². The highest BCUT2D eigenvalue weighted by molar-refractivity contribution is 8.93. The molecule has 2 aromatic carbocycles. The molecule has 3 atom stereocenters. The lowest BCUT2D eigenvalue weighted by Gasteiger charge is -2.41. The Kier molecular flexibility index (Phi) is 6.80. The molecule has 3 rings (SSSR count). The van der Waals surface area contributed by atoms with Gasteiger partial charge < -0.3 is 15.3 Å². The third kappa shape index (κ3) is 4.36. The number of hydrogen-bond acceptors (Lipinski definition) is 4. The molecule has 0 radical (unpaired) electrons. The van der Waals surface area contributed by atoms with E-state index in [2.05, 4.69) is 17.0 Å². The molecule has 5 heteroatoms. The molecule has 0 saturated carbocycles. The lowest BCUT2D eigenvalue weighted by atomic mass is 9.79. The van der Waals surface area contributed by atoms with Crippen LogP contribution in [0.1, 0.15) is 17.0 Å². The Balaban J connectivity index is 0.00000208. The van der Waals surface area contributed by atoms with Crippen molar-refractivity contribution in [2.75, 3.05) is 19.7 Å². The van der Waals surface area contributed by atoms with Crippen molar-refractivity contribution < 1.29 is 15.3 Å². The zero-order chi connectivity index (χ0) is 16.2. The minimum Gasteiger partial charge on any atom is -0.508 e. The topological polar surface area (TPSA) is 63.9 Å². The van der Waals surface area contributed by atoms with Crippen LogP contribution in [-0.2, 0) is 6.54 Å². The molecule has 4 nitrogen and oxygen atoms in total. The van der Waals surface area contributed by atoms with E-state index in [0.717, 1.165) is 18.7 Å². The van der Waals surface area contributed by atoms with Gasteiger partial charge in [-0.3, -0.25) is 4.90 Å². The van der Waals surface area contributed by atoms with Crippen molar-refractivity contribution in [3.05, 3.63) is 65.7 Å². The third-order valence-electron chi connectivity index (χ3n) is 4.62. The minimum absolute atomic E-state index is 0. The summed E-state index contributed by atoms with van der Waals surface area (Å²) in [6, 6.07) is 17.1. The standard InChI is InChI=1S/C19H23NO3.BrH/c21-13-16-11-20(10-14-4-2-1-3-5-14)12-18(23)19(16)15-6-8-17(22)9-7-15;/h1-9,16,18-19,21-23H,10-13H2;1H/t16-,18-,19-;/m1./s1. The Morgan fingerprint density at radius 2 is 1.62 bits per heavy atom. The Morgan fingerprint density at radius 1 is 0.958 bits per heavy atom. The quantitative estimate of drug-likeness (QED) is 0.746. The number of piperidine rings is 1. The molecule has 3 N–H and O–H groups in total. The van der Waals surface area contributed by atoms with Crippen molar-refractivity contribution in [2.45, 2.75) is 18.6 Å². The highest BCUT2D eigenvalue weighted by Crippen LogP contribution is 2.34. The first-order valence-electron chi connectivity index (χ1n) is 8.01. The largest absolute Gasteiger partial charge is 0.508 e. The van der Waals surface area contributed by atoms with Gasteiger partial charge in [-0.05, 0) is 23.3 Å². The number of phenols is 1. The number of benzene rings is 2. The van der Waals surface area contributed by atoms with Gasteiger partial charge in [-0.15, -0.1) is 17.0 Å². The number of nitrogens with zero attached hydrogens (tertiary/aromatic N) is 1. The first-order chi connectivity index (χ1) is 11.2. The second-order valence-corrected chi connectivity index (χ2v) is 6.31. The van der Waals surface area contributed by atoms with E-state index in [1.54, 1.807) is 12.1 Å². The normalized spacial score (nSPS) is 24.3. The number of rotatable bonds is 4. The number of aliphatic hydroxyl groups excluding tert-OH is 2. The van der Waals surface area contributed by atoms with E-state index in [-0.39, 0.29) is 41.2 Å². The maximum absolute atomic E-state index is 10.6. The second-order valence-electron chi connectivity index (χ2n) is 6.31. The number of hydrogen-bond donors (Lipinski definition) is 3. The van der Waals surface area contributed by atoms with Gasteiger partial charge in [-0.25, -0.2) is 0 Å². The molecule has 1 heterocycles. The van der Waals surface area contributed by atoms with Gasteiger partial charge in [-0.2, -0.15) is 0 Å². The summed E-state index contributed by atoms with van der Waals surface area (Å²) in [5, 5.41) is 29.8. The van der Waals surface area contributed by atoms with Gasteiger partial charge in [0, 0.05) is 38.1 Å². The number of likely N-dealkylation sites (tertiary alicyclic amines) is 1. The van der Waals surface area contributed by atoms with Gasteiger partial charge in [0.1, 0.15) is 5.75 Å². The molecular formula is C19H24BrNO3. The molecule has 0 amide bonds. The van der Waals surface area contributed by atoms with Gasteiger partial charge in [0.25, 0.3) is 0 Å². The first kappa shape index (κ1) is 18.9. The van der Waals surface area contributed by atoms with Crippen LogP contribution in [0.15, 0.2) is 54.6 Å². The fourth-order valence-corrected chi connectivity index (χ4v) is 3.54. The van der Waals surface area contributed by atoms with Crippen LogP contribution >= 0.6 is 17.0 Å². The Hall–Kier alpha value is -1.40. The molecule has 1 aliphatic heterocycles. The fourth-order valence-electron chi connectivity index (χ4n) is 3.54. The average molecular weight is 394 g/mol. The summed E-state index contributed by atoms with van der Waals surface area (Å²) in [4.78, 5) is 2.19. The van der Waals surface area contributed by atoms with E-state index in [9.17, 15) is 15.3 Å². The number of aromatic hydroxyl groups is 1. The highest BCUT2D eigenvalue weighted by atomic mass is 79.9. The van der Waals surface area contributed by atoms with Crippen LogP contribution in [0.25, 0.3) is 0 Å². The summed E-state index contributed by atoms with van der Waals surface area (Å²) < 4.78 is 0. The first-order valence-corrected chi connectivity index (χ1v) is 8.01. The van der Waals surface area contributed by atoms with Crippen molar-refractivity contribution in [2.24, 2.45) is 5.92 Å². The summed E-state index contributed by atoms with van der Waals surface area (Å²) in [6.45, 7) is 2.13. The molecule has 1 fully saturated rings. The number of β-amino-alcohol motifs (C(OH)–C–C–N with tert-alkyl or cyclic N) is 1. The lowest BCUT2D eigenvalue weighted by Crippen LogP contribution is -2.48. The number of phenolic OH excluding ortho intramolecular Hbond substituents is 1. The van der Waals surface area contributed by atoms with E-state index < -0.39 is 6.10 Å². The number of aliphatic hydroxyl groups is 2. The van der Waals surface area contributed by atoms with Gasteiger partial charge in [0.2, 0.25) is 0 Å². The molecule has 0 unspecified atom stereocenters. The fraction of sp³-hybridized carbons (Fsp3) is 0.368. The summed E-state index contributed by atoms with van der Waals surface area (Å²) in [6.07, 6.45) is -0.533. The maximum Gasteiger partial charge on any atom is 0.115 e. The lowest BCUT2D eigenvalue weighted by molar-refractivity contribution is -0.00341. The third-order valence-corrected chi connectivity index (χ3v) is 4.62. The van der Waals surface area contributed by atoms with E-state index in [1.165, 1.54) is 5.56 Å². The van der Waals surface area contributed by atoms with Crippen molar-refractivity contribution >= 4 is 17.0 Å². The molecular weight excluding hydrogens is 370 g/mol. The molecule has 0 aromatic heterocycles. The van der Waals surface area contributed by atoms with E-state index in [1.807, 2.05) is 30.3 Å². The van der Waals surface area contributed by atoms with Gasteiger partial charge >= 0.3 is 0 Å². The zero-order valence-corrected chi connectivity index (χ0v) is 15.2. The summed E-state index contributed by atoms with van der Waals surface area (Å²) in [7, 11) is 0. The van der Waals surface area contributed by atoms with E-state index in [0.29, 0.717) is 6.54 Å². The molecule has 0 bridgehead atoms. The van der Waals surface area contributed by atoms with Crippen LogP contribution in [0.4, 0.5) is 0 Å². The van der Waals surface area contributed by atoms with E-state index >= 15 is 0 Å². The van der Waals surface area contributed by atoms with Crippen LogP contribution < -0.4 is 0 Å². The molecule has 1 aliphatic rings. The van der Waals surface area contributed by atoms with E-state index in [4.69, 9.17) is 0 Å². The Labute approximate surface area is 153 Å². The summed E-state index contributed by atoms with van der Waals surface area (Å²) in [5.74, 6) is 0.0879. The zero-order valence-electron chi connectivity index (χ0n) is 13.5. The maximum atomic E-state index is 10.6. The second kappa shape index (κ2) is 8.62. The SMILES string of the molecule is Br.OC[C@H]1CN(Cc2ccccc2)C[C@@H](O)[C@@H]1c1ccc(O)cc1. The molecule has 2 aromatic rings. The molecule has 0 spiro atoms.